The molecule has 1 N–H and O–H groups in total. The van der Waals surface area contributed by atoms with E-state index < -0.39 is 0 Å². The average Bonchev–Trinajstić information content (AvgIpc) is 2.56. The molecule has 0 aliphatic carbocycles. The molecule has 0 heterocycles. The Labute approximate surface area is 143 Å². The minimum atomic E-state index is -0.285. The third-order valence-corrected chi connectivity index (χ3v) is 3.68. The number of nitrogens with one attached hydrogen (secondary N) is 1. The first-order valence-electron chi connectivity index (χ1n) is 7.04. The predicted molar refractivity (Wildman–Crippen MR) is 93.4 cm³/mol. The number of halogens is 1. The molecule has 0 aliphatic heterocycles. The Hall–Kier alpha value is -2.34. The molecular formula is C17H17BrN2O3. The SMILES string of the molecule is CCOc1cc(/C=N\NC(=O)c2ccccc2Br)ccc1OC. The van der Waals surface area contributed by atoms with Gasteiger partial charge in [0, 0.05) is 4.47 Å². The van der Waals surface area contributed by atoms with Gasteiger partial charge in [-0.2, -0.15) is 5.10 Å². The molecule has 120 valence electrons. The van der Waals surface area contributed by atoms with Gasteiger partial charge in [0.05, 0.1) is 25.5 Å². The maximum Gasteiger partial charge on any atom is 0.272 e. The maximum absolute atomic E-state index is 12.0. The van der Waals surface area contributed by atoms with E-state index in [0.29, 0.717) is 23.7 Å². The molecule has 0 saturated heterocycles. The maximum atomic E-state index is 12.0. The molecule has 6 heteroatoms. The summed E-state index contributed by atoms with van der Waals surface area (Å²) in [6, 6.07) is 12.6. The summed E-state index contributed by atoms with van der Waals surface area (Å²) >= 11 is 3.33. The molecule has 2 aromatic carbocycles. The standard InChI is InChI=1S/C17H17BrN2O3/c1-3-23-16-10-12(8-9-15(16)22-2)11-19-20-17(21)13-6-4-5-7-14(13)18/h4-11H,3H2,1-2H3,(H,20,21)/b19-11-. The van der Waals surface area contributed by atoms with Crippen molar-refractivity contribution in [1.29, 1.82) is 0 Å². The average molecular weight is 377 g/mol. The van der Waals surface area contributed by atoms with Crippen LogP contribution in [0, 0.1) is 0 Å². The van der Waals surface area contributed by atoms with Gasteiger partial charge in [0.15, 0.2) is 11.5 Å². The van der Waals surface area contributed by atoms with Crippen LogP contribution in [0.3, 0.4) is 0 Å². The van der Waals surface area contributed by atoms with Gasteiger partial charge in [0.1, 0.15) is 0 Å². The van der Waals surface area contributed by atoms with Crippen LogP contribution < -0.4 is 14.9 Å². The van der Waals surface area contributed by atoms with Crippen molar-refractivity contribution < 1.29 is 14.3 Å². The van der Waals surface area contributed by atoms with Crippen molar-refractivity contribution in [3.63, 3.8) is 0 Å². The van der Waals surface area contributed by atoms with Crippen LogP contribution >= 0.6 is 15.9 Å². The molecule has 0 fully saturated rings. The third-order valence-electron chi connectivity index (χ3n) is 2.99. The lowest BCUT2D eigenvalue weighted by atomic mass is 10.2. The number of benzene rings is 2. The van der Waals surface area contributed by atoms with Gasteiger partial charge in [-0.25, -0.2) is 5.43 Å². The van der Waals surface area contributed by atoms with Crippen LogP contribution in [0.15, 0.2) is 52.0 Å². The molecule has 1 amide bonds. The van der Waals surface area contributed by atoms with Gasteiger partial charge in [-0.15, -0.1) is 0 Å². The summed E-state index contributed by atoms with van der Waals surface area (Å²) in [5.41, 5.74) is 3.81. The molecule has 23 heavy (non-hydrogen) atoms. The highest BCUT2D eigenvalue weighted by Gasteiger charge is 2.08. The molecule has 0 saturated carbocycles. The molecule has 2 aromatic rings. The van der Waals surface area contributed by atoms with Crippen molar-refractivity contribution in [3.8, 4) is 11.5 Å². The second-order valence-electron chi connectivity index (χ2n) is 4.52. The number of ether oxygens (including phenoxy) is 2. The number of hydrazone groups is 1. The fourth-order valence-electron chi connectivity index (χ4n) is 1.91. The highest BCUT2D eigenvalue weighted by atomic mass is 79.9. The minimum Gasteiger partial charge on any atom is -0.493 e. The van der Waals surface area contributed by atoms with Crippen molar-refractivity contribution >= 4 is 28.1 Å². The highest BCUT2D eigenvalue weighted by Crippen LogP contribution is 2.27. The van der Waals surface area contributed by atoms with Crippen LogP contribution in [-0.4, -0.2) is 25.8 Å². The van der Waals surface area contributed by atoms with Crippen molar-refractivity contribution in [2.45, 2.75) is 6.92 Å². The van der Waals surface area contributed by atoms with E-state index in [2.05, 4.69) is 26.5 Å². The van der Waals surface area contributed by atoms with Crippen LogP contribution in [0.2, 0.25) is 0 Å². The van der Waals surface area contributed by atoms with Gasteiger partial charge < -0.3 is 9.47 Å². The number of methoxy groups -OCH3 is 1. The lowest BCUT2D eigenvalue weighted by Gasteiger charge is -2.09. The summed E-state index contributed by atoms with van der Waals surface area (Å²) in [7, 11) is 1.59. The fraction of sp³-hybridized carbons (Fsp3) is 0.176. The number of carbonyl (C=O) groups excluding carboxylic acids is 1. The fourth-order valence-corrected chi connectivity index (χ4v) is 2.38. The lowest BCUT2D eigenvalue weighted by Crippen LogP contribution is -2.18. The van der Waals surface area contributed by atoms with E-state index in [1.54, 1.807) is 43.7 Å². The Balaban J connectivity index is 2.07. The Morgan fingerprint density at radius 2 is 2.04 bits per heavy atom. The number of carbonyl (C=O) groups is 1. The van der Waals surface area contributed by atoms with Crippen LogP contribution in [0.4, 0.5) is 0 Å². The number of nitrogens with zero attached hydrogens (tertiary/aromatic N) is 1. The molecule has 5 nitrogen and oxygen atoms in total. The normalized spacial score (nSPS) is 10.6. The summed E-state index contributed by atoms with van der Waals surface area (Å²) in [5, 5.41) is 3.97. The zero-order valence-corrected chi connectivity index (χ0v) is 14.5. The van der Waals surface area contributed by atoms with E-state index >= 15 is 0 Å². The number of hydrogen-bond donors (Lipinski definition) is 1. The lowest BCUT2D eigenvalue weighted by molar-refractivity contribution is 0.0954. The van der Waals surface area contributed by atoms with Crippen LogP contribution in [0.25, 0.3) is 0 Å². The van der Waals surface area contributed by atoms with Crippen molar-refractivity contribution in [2.24, 2.45) is 5.10 Å². The molecule has 2 rings (SSSR count). The predicted octanol–water partition coefficient (Wildman–Crippen LogP) is 3.62. The molecular weight excluding hydrogens is 360 g/mol. The summed E-state index contributed by atoms with van der Waals surface area (Å²) in [6.07, 6.45) is 1.55. The van der Waals surface area contributed by atoms with Crippen molar-refractivity contribution in [2.75, 3.05) is 13.7 Å². The number of amides is 1. The molecule has 0 spiro atoms. The van der Waals surface area contributed by atoms with Gasteiger partial charge in [-0.1, -0.05) is 12.1 Å². The van der Waals surface area contributed by atoms with Gasteiger partial charge in [-0.05, 0) is 58.7 Å². The topological polar surface area (TPSA) is 59.9 Å². The van der Waals surface area contributed by atoms with Crippen LogP contribution in [0.1, 0.15) is 22.8 Å². The third kappa shape index (κ3) is 4.56. The second kappa shape index (κ2) is 8.33. The Kier molecular flexibility index (Phi) is 6.17. The van der Waals surface area contributed by atoms with E-state index in [9.17, 15) is 4.79 Å². The van der Waals surface area contributed by atoms with E-state index in [1.165, 1.54) is 0 Å². The summed E-state index contributed by atoms with van der Waals surface area (Å²) < 4.78 is 11.4. The van der Waals surface area contributed by atoms with Crippen molar-refractivity contribution in [3.05, 3.63) is 58.1 Å². The van der Waals surface area contributed by atoms with Crippen molar-refractivity contribution in [1.82, 2.24) is 5.43 Å². The molecule has 0 unspecified atom stereocenters. The minimum absolute atomic E-state index is 0.285. The van der Waals surface area contributed by atoms with Crippen LogP contribution in [-0.2, 0) is 0 Å². The number of rotatable bonds is 6. The van der Waals surface area contributed by atoms with Gasteiger partial charge in [0.25, 0.3) is 5.91 Å². The zero-order chi connectivity index (χ0) is 16.7. The largest absolute Gasteiger partial charge is 0.493 e. The first-order chi connectivity index (χ1) is 11.2. The summed E-state index contributed by atoms with van der Waals surface area (Å²) in [4.78, 5) is 12.0. The van der Waals surface area contributed by atoms with Gasteiger partial charge in [-0.3, -0.25) is 4.79 Å². The quantitative estimate of drug-likeness (QED) is 0.618. The zero-order valence-electron chi connectivity index (χ0n) is 12.9. The Bertz CT molecular complexity index is 717. The van der Waals surface area contributed by atoms with Crippen LogP contribution in [0.5, 0.6) is 11.5 Å². The molecule has 0 bridgehead atoms. The van der Waals surface area contributed by atoms with E-state index in [0.717, 1.165) is 10.0 Å². The van der Waals surface area contributed by atoms with E-state index in [1.807, 2.05) is 19.1 Å². The smallest absolute Gasteiger partial charge is 0.272 e. The summed E-state index contributed by atoms with van der Waals surface area (Å²) in [6.45, 7) is 2.44. The van der Waals surface area contributed by atoms with E-state index in [-0.39, 0.29) is 5.91 Å². The Morgan fingerprint density at radius 3 is 2.74 bits per heavy atom. The second-order valence-corrected chi connectivity index (χ2v) is 5.38. The molecule has 0 aliphatic rings. The van der Waals surface area contributed by atoms with Gasteiger partial charge in [0.2, 0.25) is 0 Å². The van der Waals surface area contributed by atoms with E-state index in [4.69, 9.17) is 9.47 Å². The summed E-state index contributed by atoms with van der Waals surface area (Å²) in [5.74, 6) is 1.00. The van der Waals surface area contributed by atoms with Gasteiger partial charge >= 0.3 is 0 Å². The highest BCUT2D eigenvalue weighted by molar-refractivity contribution is 9.10. The molecule has 0 atom stereocenters. The first kappa shape index (κ1) is 17.0. The molecule has 0 radical (unpaired) electrons. The molecule has 0 aromatic heterocycles. The monoisotopic (exact) mass is 376 g/mol. The first-order valence-corrected chi connectivity index (χ1v) is 7.83. The number of hydrogen-bond acceptors (Lipinski definition) is 4. The Morgan fingerprint density at radius 1 is 1.26 bits per heavy atom.